The van der Waals surface area contributed by atoms with Crippen molar-refractivity contribution in [2.24, 2.45) is 5.73 Å². The summed E-state index contributed by atoms with van der Waals surface area (Å²) in [6.07, 6.45) is 1.43. The van der Waals surface area contributed by atoms with Crippen LogP contribution in [-0.2, 0) is 10.0 Å². The SMILES string of the molecule is Cc1cc(O)c(C(=O)O)cc1S(=O)(=O)N1CCCC(N)C1. The predicted molar refractivity (Wildman–Crippen MR) is 75.8 cm³/mol. The monoisotopic (exact) mass is 314 g/mol. The second-order valence-electron chi connectivity index (χ2n) is 5.21. The van der Waals surface area contributed by atoms with Crippen molar-refractivity contribution in [2.75, 3.05) is 13.1 Å². The van der Waals surface area contributed by atoms with Crippen LogP contribution in [0.5, 0.6) is 5.75 Å². The van der Waals surface area contributed by atoms with Crippen LogP contribution in [0.1, 0.15) is 28.8 Å². The third-order valence-electron chi connectivity index (χ3n) is 3.56. The van der Waals surface area contributed by atoms with Gasteiger partial charge in [-0.2, -0.15) is 4.31 Å². The maximum atomic E-state index is 12.6. The van der Waals surface area contributed by atoms with Gasteiger partial charge < -0.3 is 15.9 Å². The molecule has 0 bridgehead atoms. The molecule has 0 spiro atoms. The zero-order valence-electron chi connectivity index (χ0n) is 11.6. The quantitative estimate of drug-likeness (QED) is 0.747. The molecule has 0 amide bonds. The summed E-state index contributed by atoms with van der Waals surface area (Å²) in [4.78, 5) is 10.9. The van der Waals surface area contributed by atoms with E-state index in [1.807, 2.05) is 0 Å². The number of carboxylic acids is 1. The molecule has 0 radical (unpaired) electrons. The first kappa shape index (κ1) is 15.7. The van der Waals surface area contributed by atoms with E-state index in [0.717, 1.165) is 18.6 Å². The standard InChI is InChI=1S/C13H18N2O5S/c1-8-5-11(16)10(13(17)18)6-12(8)21(19,20)15-4-2-3-9(14)7-15/h5-6,9,16H,2-4,7,14H2,1H3,(H,17,18). The van der Waals surface area contributed by atoms with Crippen LogP contribution in [0.15, 0.2) is 17.0 Å². The summed E-state index contributed by atoms with van der Waals surface area (Å²) >= 11 is 0. The molecule has 116 valence electrons. The van der Waals surface area contributed by atoms with Crippen molar-refractivity contribution in [2.45, 2.75) is 30.7 Å². The summed E-state index contributed by atoms with van der Waals surface area (Å²) < 4.78 is 26.5. The van der Waals surface area contributed by atoms with E-state index < -0.39 is 27.3 Å². The van der Waals surface area contributed by atoms with E-state index in [-0.39, 0.29) is 17.5 Å². The largest absolute Gasteiger partial charge is 0.507 e. The first-order chi connectivity index (χ1) is 9.73. The minimum Gasteiger partial charge on any atom is -0.507 e. The number of rotatable bonds is 3. The van der Waals surface area contributed by atoms with Crippen molar-refractivity contribution in [3.63, 3.8) is 0 Å². The van der Waals surface area contributed by atoms with E-state index in [2.05, 4.69) is 0 Å². The zero-order valence-corrected chi connectivity index (χ0v) is 12.4. The fourth-order valence-electron chi connectivity index (χ4n) is 2.45. The average Bonchev–Trinajstić information content (AvgIpc) is 2.37. The summed E-state index contributed by atoms with van der Waals surface area (Å²) in [5, 5.41) is 18.6. The van der Waals surface area contributed by atoms with Gasteiger partial charge in [0.1, 0.15) is 11.3 Å². The fourth-order valence-corrected chi connectivity index (χ4v) is 4.22. The molecule has 4 N–H and O–H groups in total. The number of benzene rings is 1. The summed E-state index contributed by atoms with van der Waals surface area (Å²) in [6.45, 7) is 2.09. The van der Waals surface area contributed by atoms with E-state index in [9.17, 15) is 18.3 Å². The predicted octanol–water partition coefficient (Wildman–Crippen LogP) is 0.511. The summed E-state index contributed by atoms with van der Waals surface area (Å²) in [5.41, 5.74) is 5.67. The highest BCUT2D eigenvalue weighted by Gasteiger charge is 2.31. The second-order valence-corrected chi connectivity index (χ2v) is 7.11. The van der Waals surface area contributed by atoms with Crippen molar-refractivity contribution >= 4 is 16.0 Å². The number of aromatic hydroxyl groups is 1. The Morgan fingerprint density at radius 1 is 1.43 bits per heavy atom. The number of nitrogens with zero attached hydrogens (tertiary/aromatic N) is 1. The van der Waals surface area contributed by atoms with Gasteiger partial charge in [-0.1, -0.05) is 0 Å². The highest BCUT2D eigenvalue weighted by molar-refractivity contribution is 7.89. The highest BCUT2D eigenvalue weighted by Crippen LogP contribution is 2.28. The minimum absolute atomic E-state index is 0.105. The van der Waals surface area contributed by atoms with E-state index in [1.54, 1.807) is 0 Å². The normalized spacial score (nSPS) is 20.4. The van der Waals surface area contributed by atoms with Gasteiger partial charge in [0.2, 0.25) is 10.0 Å². The molecular weight excluding hydrogens is 296 g/mol. The number of piperidine rings is 1. The Bertz CT molecular complexity index is 671. The van der Waals surface area contributed by atoms with Gasteiger partial charge in [-0.15, -0.1) is 0 Å². The lowest BCUT2D eigenvalue weighted by Crippen LogP contribution is -2.45. The third-order valence-corrected chi connectivity index (χ3v) is 5.57. The van der Waals surface area contributed by atoms with Crippen LogP contribution in [0.3, 0.4) is 0 Å². The van der Waals surface area contributed by atoms with E-state index in [0.29, 0.717) is 18.5 Å². The van der Waals surface area contributed by atoms with Gasteiger partial charge in [0.25, 0.3) is 0 Å². The lowest BCUT2D eigenvalue weighted by Gasteiger charge is -2.30. The van der Waals surface area contributed by atoms with Gasteiger partial charge >= 0.3 is 5.97 Å². The molecule has 1 aromatic carbocycles. The van der Waals surface area contributed by atoms with Crippen LogP contribution in [0, 0.1) is 6.92 Å². The molecule has 1 fully saturated rings. The Hall–Kier alpha value is -1.64. The molecule has 7 nitrogen and oxygen atoms in total. The molecular formula is C13H18N2O5S. The average molecular weight is 314 g/mol. The number of carbonyl (C=O) groups is 1. The Morgan fingerprint density at radius 2 is 2.10 bits per heavy atom. The molecule has 21 heavy (non-hydrogen) atoms. The molecule has 0 aromatic heterocycles. The molecule has 1 atom stereocenters. The number of aromatic carboxylic acids is 1. The summed E-state index contributed by atoms with van der Waals surface area (Å²) in [7, 11) is -3.82. The van der Waals surface area contributed by atoms with Gasteiger partial charge in [-0.25, -0.2) is 13.2 Å². The van der Waals surface area contributed by atoms with Gasteiger partial charge in [0.05, 0.1) is 4.90 Å². The van der Waals surface area contributed by atoms with E-state index in [4.69, 9.17) is 10.8 Å². The first-order valence-electron chi connectivity index (χ1n) is 6.56. The van der Waals surface area contributed by atoms with Crippen LogP contribution in [0.2, 0.25) is 0 Å². The van der Waals surface area contributed by atoms with E-state index >= 15 is 0 Å². The van der Waals surface area contributed by atoms with Crippen LogP contribution >= 0.6 is 0 Å². The Kier molecular flexibility index (Phi) is 4.22. The molecule has 1 heterocycles. The second kappa shape index (κ2) is 5.63. The zero-order chi connectivity index (χ0) is 15.8. The molecule has 0 saturated carbocycles. The molecule has 1 aromatic rings. The minimum atomic E-state index is -3.82. The number of sulfonamides is 1. The number of nitrogens with two attached hydrogens (primary N) is 1. The van der Waals surface area contributed by atoms with Crippen molar-refractivity contribution in [1.82, 2.24) is 4.31 Å². The van der Waals surface area contributed by atoms with Crippen LogP contribution < -0.4 is 5.73 Å². The number of hydrogen-bond donors (Lipinski definition) is 3. The third kappa shape index (κ3) is 3.02. The maximum absolute atomic E-state index is 12.6. The Labute approximate surface area is 123 Å². The van der Waals surface area contributed by atoms with Crippen molar-refractivity contribution in [3.8, 4) is 5.75 Å². The van der Waals surface area contributed by atoms with Crippen LogP contribution in [0.4, 0.5) is 0 Å². The summed E-state index contributed by atoms with van der Waals surface area (Å²) in [5.74, 6) is -1.83. The lowest BCUT2D eigenvalue weighted by molar-refractivity contribution is 0.0693. The molecule has 1 aliphatic rings. The number of hydrogen-bond acceptors (Lipinski definition) is 5. The van der Waals surface area contributed by atoms with E-state index in [1.165, 1.54) is 11.2 Å². The lowest BCUT2D eigenvalue weighted by atomic mass is 10.1. The van der Waals surface area contributed by atoms with Crippen molar-refractivity contribution < 1.29 is 23.4 Å². The van der Waals surface area contributed by atoms with Crippen molar-refractivity contribution in [1.29, 1.82) is 0 Å². The smallest absolute Gasteiger partial charge is 0.339 e. The number of carboxylic acid groups (broad SMARTS) is 1. The summed E-state index contributed by atoms with van der Waals surface area (Å²) in [6, 6.07) is 1.94. The number of phenols is 1. The molecule has 1 saturated heterocycles. The van der Waals surface area contributed by atoms with Gasteiger partial charge in [-0.05, 0) is 37.5 Å². The first-order valence-corrected chi connectivity index (χ1v) is 8.00. The Morgan fingerprint density at radius 3 is 2.67 bits per heavy atom. The molecule has 1 aliphatic heterocycles. The van der Waals surface area contributed by atoms with Gasteiger partial charge in [0, 0.05) is 19.1 Å². The maximum Gasteiger partial charge on any atom is 0.339 e. The Balaban J connectivity index is 2.49. The van der Waals surface area contributed by atoms with Gasteiger partial charge in [-0.3, -0.25) is 0 Å². The van der Waals surface area contributed by atoms with Crippen LogP contribution in [0.25, 0.3) is 0 Å². The highest BCUT2D eigenvalue weighted by atomic mass is 32.2. The molecule has 1 unspecified atom stereocenters. The molecule has 0 aliphatic carbocycles. The molecule has 8 heteroatoms. The van der Waals surface area contributed by atoms with Crippen molar-refractivity contribution in [3.05, 3.63) is 23.3 Å². The van der Waals surface area contributed by atoms with Gasteiger partial charge in [0.15, 0.2) is 0 Å². The molecule has 2 rings (SSSR count). The fraction of sp³-hybridized carbons (Fsp3) is 0.462. The number of aryl methyl sites for hydroxylation is 1. The van der Waals surface area contributed by atoms with Crippen LogP contribution in [-0.4, -0.2) is 48.0 Å². The topological polar surface area (TPSA) is 121 Å².